The molecule has 318 valence electrons. The molecule has 5 heteroatoms. The van der Waals surface area contributed by atoms with Crippen molar-refractivity contribution < 1.29 is 23.8 Å². The van der Waals surface area contributed by atoms with Gasteiger partial charge in [0, 0.05) is 19.4 Å². The summed E-state index contributed by atoms with van der Waals surface area (Å²) in [5.74, 6) is -0.407. The van der Waals surface area contributed by atoms with Gasteiger partial charge in [0.2, 0.25) is 0 Å². The van der Waals surface area contributed by atoms with E-state index in [1.54, 1.807) is 0 Å². The molecule has 0 fully saturated rings. The molecule has 5 nitrogen and oxygen atoms in total. The molecule has 1 unspecified atom stereocenters. The van der Waals surface area contributed by atoms with Crippen molar-refractivity contribution in [3.8, 4) is 0 Å². The second kappa shape index (κ2) is 45.8. The Bertz CT molecular complexity index is 821. The van der Waals surface area contributed by atoms with Gasteiger partial charge in [-0.15, -0.1) is 0 Å². The van der Waals surface area contributed by atoms with Crippen LogP contribution in [-0.2, 0) is 23.8 Å². The van der Waals surface area contributed by atoms with E-state index >= 15 is 0 Å². The number of ether oxygens (including phenoxy) is 3. The molecule has 0 aromatic rings. The Labute approximate surface area is 337 Å². The van der Waals surface area contributed by atoms with Gasteiger partial charge < -0.3 is 14.2 Å². The first kappa shape index (κ1) is 52.4. The van der Waals surface area contributed by atoms with Crippen molar-refractivity contribution in [3.63, 3.8) is 0 Å². The minimum Gasteiger partial charge on any atom is -0.462 e. The fraction of sp³-hybridized carbons (Fsp3) is 0.878. The highest BCUT2D eigenvalue weighted by atomic mass is 16.6. The molecule has 0 saturated carbocycles. The molecule has 0 spiro atoms. The Balaban J connectivity index is 4.01. The highest BCUT2D eigenvalue weighted by Crippen LogP contribution is 2.15. The van der Waals surface area contributed by atoms with Crippen LogP contribution in [-0.4, -0.2) is 37.9 Å². The van der Waals surface area contributed by atoms with Gasteiger partial charge in [0.05, 0.1) is 6.61 Å². The van der Waals surface area contributed by atoms with E-state index in [2.05, 4.69) is 45.1 Å². The minimum absolute atomic E-state index is 0.0864. The molecule has 0 bridgehead atoms. The van der Waals surface area contributed by atoms with Gasteiger partial charge in [0.25, 0.3) is 0 Å². The maximum Gasteiger partial charge on any atom is 0.306 e. The van der Waals surface area contributed by atoms with Crippen LogP contribution in [0, 0.1) is 0 Å². The second-order valence-corrected chi connectivity index (χ2v) is 16.0. The van der Waals surface area contributed by atoms with Crippen LogP contribution in [0.25, 0.3) is 0 Å². The summed E-state index contributed by atoms with van der Waals surface area (Å²) in [6.45, 7) is 7.76. The van der Waals surface area contributed by atoms with Crippen LogP contribution in [0.15, 0.2) is 24.3 Å². The van der Waals surface area contributed by atoms with Crippen molar-refractivity contribution in [2.45, 2.75) is 258 Å². The number of esters is 2. The Morgan fingerprint density at radius 2 is 0.778 bits per heavy atom. The van der Waals surface area contributed by atoms with Crippen molar-refractivity contribution in [1.82, 2.24) is 0 Å². The first-order chi connectivity index (χ1) is 26.6. The molecule has 0 amide bonds. The van der Waals surface area contributed by atoms with Crippen LogP contribution in [0.2, 0.25) is 0 Å². The summed E-state index contributed by atoms with van der Waals surface area (Å²) in [6, 6.07) is 0. The van der Waals surface area contributed by atoms with E-state index in [0.717, 1.165) is 51.4 Å². The fourth-order valence-corrected chi connectivity index (χ4v) is 6.89. The Hall–Kier alpha value is -1.62. The zero-order valence-electron chi connectivity index (χ0n) is 36.5. The molecule has 1 atom stereocenters. The van der Waals surface area contributed by atoms with Crippen LogP contribution in [0.3, 0.4) is 0 Å². The lowest BCUT2D eigenvalue weighted by molar-refractivity contribution is -0.163. The smallest absolute Gasteiger partial charge is 0.306 e. The molecule has 0 aliphatic rings. The summed E-state index contributed by atoms with van der Waals surface area (Å²) in [7, 11) is 0. The monoisotopic (exact) mass is 761 g/mol. The van der Waals surface area contributed by atoms with Gasteiger partial charge in [0.1, 0.15) is 6.61 Å². The predicted octanol–water partition coefficient (Wildman–Crippen LogP) is 15.7. The lowest BCUT2D eigenvalue weighted by Crippen LogP contribution is -2.30. The lowest BCUT2D eigenvalue weighted by atomic mass is 10.0. The van der Waals surface area contributed by atoms with Crippen LogP contribution in [0.1, 0.15) is 252 Å². The molecular weight excluding hydrogens is 669 g/mol. The number of rotatable bonds is 44. The molecule has 0 aliphatic heterocycles. The van der Waals surface area contributed by atoms with Crippen LogP contribution in [0.4, 0.5) is 0 Å². The molecule has 0 N–H and O–H groups in total. The maximum absolute atomic E-state index is 12.5. The summed E-state index contributed by atoms with van der Waals surface area (Å²) in [5.41, 5.74) is 0. The van der Waals surface area contributed by atoms with E-state index in [9.17, 15) is 9.59 Å². The van der Waals surface area contributed by atoms with Crippen molar-refractivity contribution in [2.75, 3.05) is 19.8 Å². The van der Waals surface area contributed by atoms with Crippen molar-refractivity contribution in [2.24, 2.45) is 0 Å². The Kier molecular flexibility index (Phi) is 44.4. The quantitative estimate of drug-likeness (QED) is 0.0352. The van der Waals surface area contributed by atoms with Crippen molar-refractivity contribution in [3.05, 3.63) is 24.3 Å². The molecular formula is C49H92O5. The molecule has 0 radical (unpaired) electrons. The SMILES string of the molecule is CCCCC/C=C\C/C=C\CCCCCCCCCC(=O)OCC(COCCCCCCCCCCCCCCCCCC)OC(=O)CCCCCCC. The first-order valence-electron chi connectivity index (χ1n) is 23.9. The van der Waals surface area contributed by atoms with E-state index in [1.165, 1.54) is 167 Å². The van der Waals surface area contributed by atoms with E-state index in [-0.39, 0.29) is 18.5 Å². The second-order valence-electron chi connectivity index (χ2n) is 16.0. The Morgan fingerprint density at radius 3 is 1.26 bits per heavy atom. The summed E-state index contributed by atoms with van der Waals surface area (Å²) in [6.07, 6.45) is 52.0. The molecule has 0 aromatic carbocycles. The van der Waals surface area contributed by atoms with Gasteiger partial charge >= 0.3 is 11.9 Å². The lowest BCUT2D eigenvalue weighted by Gasteiger charge is -2.18. The van der Waals surface area contributed by atoms with E-state index < -0.39 is 6.10 Å². The molecule has 0 rings (SSSR count). The maximum atomic E-state index is 12.5. The van der Waals surface area contributed by atoms with Crippen molar-refractivity contribution in [1.29, 1.82) is 0 Å². The number of allylic oxidation sites excluding steroid dienone is 4. The average molecular weight is 761 g/mol. The molecule has 0 aliphatic carbocycles. The summed E-state index contributed by atoms with van der Waals surface area (Å²) < 4.78 is 17.2. The third-order valence-corrected chi connectivity index (χ3v) is 10.5. The highest BCUT2D eigenvalue weighted by molar-refractivity contribution is 5.70. The number of hydrogen-bond donors (Lipinski definition) is 0. The third kappa shape index (κ3) is 43.1. The summed E-state index contributed by atoms with van der Waals surface area (Å²) in [5, 5.41) is 0. The summed E-state index contributed by atoms with van der Waals surface area (Å²) >= 11 is 0. The topological polar surface area (TPSA) is 61.8 Å². The van der Waals surface area contributed by atoms with Gasteiger partial charge in [-0.3, -0.25) is 9.59 Å². The number of carbonyl (C=O) groups excluding carboxylic acids is 2. The normalized spacial score (nSPS) is 12.3. The molecule has 54 heavy (non-hydrogen) atoms. The summed E-state index contributed by atoms with van der Waals surface area (Å²) in [4.78, 5) is 25.0. The average Bonchev–Trinajstić information content (AvgIpc) is 3.17. The van der Waals surface area contributed by atoms with Crippen LogP contribution in [0.5, 0.6) is 0 Å². The molecule has 0 heterocycles. The largest absolute Gasteiger partial charge is 0.462 e. The van der Waals surface area contributed by atoms with E-state index in [0.29, 0.717) is 26.1 Å². The standard InChI is InChI=1S/C49H92O5/c1-4-7-10-13-15-17-19-21-23-25-26-28-30-32-34-37-39-42-48(50)53-46-47(54-49(51)43-40-36-12-9-6-3)45-52-44-41-38-35-33-31-29-27-24-22-20-18-16-14-11-8-5-2/h15,17,21,23,47H,4-14,16,18-20,22,24-46H2,1-3H3/b17-15-,23-21-. The fourth-order valence-electron chi connectivity index (χ4n) is 6.89. The van der Waals surface area contributed by atoms with Crippen LogP contribution >= 0.6 is 0 Å². The molecule has 0 aromatic heterocycles. The highest BCUT2D eigenvalue weighted by Gasteiger charge is 2.17. The number of carbonyl (C=O) groups is 2. The third-order valence-electron chi connectivity index (χ3n) is 10.5. The molecule has 0 saturated heterocycles. The number of hydrogen-bond acceptors (Lipinski definition) is 5. The van der Waals surface area contributed by atoms with Crippen LogP contribution < -0.4 is 0 Å². The number of unbranched alkanes of at least 4 members (excludes halogenated alkanes) is 29. The van der Waals surface area contributed by atoms with E-state index in [4.69, 9.17) is 14.2 Å². The predicted molar refractivity (Wildman–Crippen MR) is 233 cm³/mol. The van der Waals surface area contributed by atoms with Gasteiger partial charge in [-0.1, -0.05) is 212 Å². The zero-order chi connectivity index (χ0) is 39.3. The zero-order valence-corrected chi connectivity index (χ0v) is 36.5. The van der Waals surface area contributed by atoms with Gasteiger partial charge in [-0.05, 0) is 51.4 Å². The van der Waals surface area contributed by atoms with Gasteiger partial charge in [-0.2, -0.15) is 0 Å². The minimum atomic E-state index is -0.528. The van der Waals surface area contributed by atoms with E-state index in [1.807, 2.05) is 0 Å². The van der Waals surface area contributed by atoms with Gasteiger partial charge in [0.15, 0.2) is 6.10 Å². The first-order valence-corrected chi connectivity index (χ1v) is 23.9. The van der Waals surface area contributed by atoms with Crippen molar-refractivity contribution >= 4 is 11.9 Å². The van der Waals surface area contributed by atoms with Gasteiger partial charge in [-0.25, -0.2) is 0 Å². The Morgan fingerprint density at radius 1 is 0.407 bits per heavy atom.